The van der Waals surface area contributed by atoms with E-state index in [0.717, 1.165) is 0 Å². The van der Waals surface area contributed by atoms with Crippen LogP contribution in [0.15, 0.2) is 77.2 Å². The van der Waals surface area contributed by atoms with E-state index in [1.807, 2.05) is 6.07 Å². The number of furan rings is 1. The smallest absolute Gasteiger partial charge is 0.255 e. The second-order valence-corrected chi connectivity index (χ2v) is 6.76. The normalized spacial score (nSPS) is 10.7. The molecule has 1 aromatic heterocycles. The number of fused-ring (bicyclic) bond motifs is 1. The summed E-state index contributed by atoms with van der Waals surface area (Å²) >= 11 is 5.92. The van der Waals surface area contributed by atoms with Crippen molar-refractivity contribution in [2.45, 2.75) is 0 Å². The Morgan fingerprint density at radius 1 is 0.897 bits per heavy atom. The third-order valence-electron chi connectivity index (χ3n) is 4.50. The molecule has 0 aliphatic heterocycles. The fraction of sp³-hybridized carbons (Fsp3) is 0.0435. The maximum Gasteiger partial charge on any atom is 0.255 e. The molecular weight excluding hydrogens is 390 g/mol. The topological polar surface area (TPSA) is 68.5 Å². The molecule has 6 heteroatoms. The van der Waals surface area contributed by atoms with Crippen LogP contribution < -0.4 is 10.1 Å². The van der Waals surface area contributed by atoms with Crippen molar-refractivity contribution in [3.8, 4) is 5.75 Å². The number of nitrogens with one attached hydrogen (secondary N) is 1. The molecule has 4 rings (SSSR count). The highest BCUT2D eigenvalue weighted by molar-refractivity contribution is 6.30. The van der Waals surface area contributed by atoms with Gasteiger partial charge in [0.2, 0.25) is 5.78 Å². The van der Waals surface area contributed by atoms with Gasteiger partial charge in [0.15, 0.2) is 5.76 Å². The van der Waals surface area contributed by atoms with E-state index in [0.29, 0.717) is 38.6 Å². The van der Waals surface area contributed by atoms with Gasteiger partial charge in [-0.25, -0.2) is 0 Å². The van der Waals surface area contributed by atoms with Gasteiger partial charge in [-0.2, -0.15) is 0 Å². The van der Waals surface area contributed by atoms with Gasteiger partial charge >= 0.3 is 0 Å². The quantitative estimate of drug-likeness (QED) is 0.440. The van der Waals surface area contributed by atoms with Crippen LogP contribution in [0, 0.1) is 0 Å². The molecule has 0 aliphatic rings. The number of hydrogen-bond donors (Lipinski definition) is 1. The van der Waals surface area contributed by atoms with Crippen LogP contribution in [0.2, 0.25) is 5.02 Å². The number of para-hydroxylation sites is 1. The van der Waals surface area contributed by atoms with Gasteiger partial charge in [-0.15, -0.1) is 0 Å². The zero-order valence-electron chi connectivity index (χ0n) is 15.4. The van der Waals surface area contributed by atoms with Gasteiger partial charge in [0.1, 0.15) is 11.3 Å². The summed E-state index contributed by atoms with van der Waals surface area (Å²) in [6.07, 6.45) is 0. The number of amides is 1. The monoisotopic (exact) mass is 405 g/mol. The summed E-state index contributed by atoms with van der Waals surface area (Å²) in [6.45, 7) is 0. The van der Waals surface area contributed by atoms with Crippen LogP contribution in [0.5, 0.6) is 5.75 Å². The molecule has 4 aromatic rings. The molecule has 0 saturated carbocycles. The number of halogens is 1. The molecule has 0 aliphatic carbocycles. The van der Waals surface area contributed by atoms with Gasteiger partial charge in [0.05, 0.1) is 12.8 Å². The van der Waals surface area contributed by atoms with E-state index in [1.54, 1.807) is 73.8 Å². The van der Waals surface area contributed by atoms with Crippen molar-refractivity contribution in [2.75, 3.05) is 12.4 Å². The Bertz CT molecular complexity index is 1190. The van der Waals surface area contributed by atoms with Crippen molar-refractivity contribution >= 4 is 39.9 Å². The van der Waals surface area contributed by atoms with Gasteiger partial charge in [0.25, 0.3) is 5.91 Å². The van der Waals surface area contributed by atoms with E-state index in [9.17, 15) is 9.59 Å². The van der Waals surface area contributed by atoms with E-state index in [-0.39, 0.29) is 17.5 Å². The lowest BCUT2D eigenvalue weighted by molar-refractivity contribution is 0.101. The predicted octanol–water partition coefficient (Wildman–Crippen LogP) is 5.58. The summed E-state index contributed by atoms with van der Waals surface area (Å²) in [5.74, 6) is 0.0107. The number of ether oxygens (including phenoxy) is 1. The molecule has 3 aromatic carbocycles. The summed E-state index contributed by atoms with van der Waals surface area (Å²) in [7, 11) is 1.56. The second-order valence-electron chi connectivity index (χ2n) is 6.32. The highest BCUT2D eigenvalue weighted by atomic mass is 35.5. The number of benzene rings is 3. The molecule has 29 heavy (non-hydrogen) atoms. The molecule has 1 heterocycles. The zero-order valence-corrected chi connectivity index (χ0v) is 16.2. The number of carbonyl (C=O) groups excluding carboxylic acids is 2. The average molecular weight is 406 g/mol. The summed E-state index contributed by atoms with van der Waals surface area (Å²) in [5.41, 5.74) is 1.69. The van der Waals surface area contributed by atoms with Crippen LogP contribution in [-0.4, -0.2) is 18.8 Å². The number of rotatable bonds is 5. The number of anilines is 1. The van der Waals surface area contributed by atoms with Crippen LogP contribution in [0.4, 0.5) is 5.69 Å². The first-order valence-electron chi connectivity index (χ1n) is 8.84. The van der Waals surface area contributed by atoms with Gasteiger partial charge in [-0.3, -0.25) is 9.59 Å². The van der Waals surface area contributed by atoms with Gasteiger partial charge in [0, 0.05) is 21.5 Å². The van der Waals surface area contributed by atoms with Crippen molar-refractivity contribution in [1.29, 1.82) is 0 Å². The van der Waals surface area contributed by atoms with E-state index in [1.165, 1.54) is 0 Å². The zero-order chi connectivity index (χ0) is 20.4. The maximum atomic E-state index is 13.0. The molecule has 0 fully saturated rings. The molecular formula is C23H16ClNO4. The Hall–Kier alpha value is -3.57. The molecule has 1 N–H and O–H groups in total. The van der Waals surface area contributed by atoms with Crippen LogP contribution in [0.1, 0.15) is 26.5 Å². The average Bonchev–Trinajstić information content (AvgIpc) is 3.12. The lowest BCUT2D eigenvalue weighted by atomic mass is 10.1. The van der Waals surface area contributed by atoms with E-state index in [4.69, 9.17) is 20.8 Å². The van der Waals surface area contributed by atoms with Gasteiger partial charge in [-0.1, -0.05) is 23.7 Å². The number of hydrogen-bond acceptors (Lipinski definition) is 4. The highest BCUT2D eigenvalue weighted by Crippen LogP contribution is 2.33. The van der Waals surface area contributed by atoms with Crippen molar-refractivity contribution in [2.24, 2.45) is 0 Å². The van der Waals surface area contributed by atoms with Crippen LogP contribution in [0.25, 0.3) is 11.0 Å². The molecule has 5 nitrogen and oxygen atoms in total. The lowest BCUT2D eigenvalue weighted by Gasteiger charge is -2.07. The number of ketones is 1. The molecule has 0 unspecified atom stereocenters. The second kappa shape index (κ2) is 7.81. The Morgan fingerprint density at radius 2 is 1.55 bits per heavy atom. The van der Waals surface area contributed by atoms with Crippen molar-refractivity contribution < 1.29 is 18.7 Å². The third-order valence-corrected chi connectivity index (χ3v) is 4.75. The first kappa shape index (κ1) is 18.8. The van der Waals surface area contributed by atoms with Gasteiger partial charge < -0.3 is 14.5 Å². The highest BCUT2D eigenvalue weighted by Gasteiger charge is 2.23. The molecule has 0 radical (unpaired) electrons. The first-order valence-corrected chi connectivity index (χ1v) is 9.22. The van der Waals surface area contributed by atoms with Crippen LogP contribution in [-0.2, 0) is 0 Å². The fourth-order valence-electron chi connectivity index (χ4n) is 2.99. The van der Waals surface area contributed by atoms with Crippen LogP contribution >= 0.6 is 11.6 Å². The Labute approximate surface area is 171 Å². The van der Waals surface area contributed by atoms with Crippen molar-refractivity contribution in [1.82, 2.24) is 0 Å². The first-order chi connectivity index (χ1) is 14.1. The standard InChI is InChI=1S/C23H16ClNO4/c1-28-17-12-8-15(9-13-17)23(27)25-20-18-4-2-3-5-19(18)29-22(20)21(26)14-6-10-16(24)11-7-14/h2-13H,1H3,(H,25,27). The molecule has 0 atom stereocenters. The summed E-state index contributed by atoms with van der Waals surface area (Å²) in [6, 6.07) is 20.4. The molecule has 0 bridgehead atoms. The molecule has 144 valence electrons. The largest absolute Gasteiger partial charge is 0.497 e. The van der Waals surface area contributed by atoms with Gasteiger partial charge in [-0.05, 0) is 60.7 Å². The van der Waals surface area contributed by atoms with Crippen molar-refractivity contribution in [3.05, 3.63) is 94.7 Å². The van der Waals surface area contributed by atoms with Crippen LogP contribution in [0.3, 0.4) is 0 Å². The summed E-state index contributed by atoms with van der Waals surface area (Å²) in [5, 5.41) is 4.00. The van der Waals surface area contributed by atoms with E-state index in [2.05, 4.69) is 5.32 Å². The predicted molar refractivity (Wildman–Crippen MR) is 112 cm³/mol. The van der Waals surface area contributed by atoms with E-state index < -0.39 is 0 Å². The SMILES string of the molecule is COc1ccc(C(=O)Nc2c(C(=O)c3ccc(Cl)cc3)oc3ccccc23)cc1. The molecule has 0 saturated heterocycles. The Morgan fingerprint density at radius 3 is 2.24 bits per heavy atom. The summed E-state index contributed by atoms with van der Waals surface area (Å²) < 4.78 is 10.9. The Balaban J connectivity index is 1.74. The lowest BCUT2D eigenvalue weighted by Crippen LogP contribution is -2.14. The van der Waals surface area contributed by atoms with E-state index >= 15 is 0 Å². The Kier molecular flexibility index (Phi) is 5.06. The fourth-order valence-corrected chi connectivity index (χ4v) is 3.12. The number of methoxy groups -OCH3 is 1. The number of carbonyl (C=O) groups is 2. The minimum atomic E-state index is -0.357. The molecule has 0 spiro atoms. The molecule has 1 amide bonds. The minimum absolute atomic E-state index is 0.0652. The summed E-state index contributed by atoms with van der Waals surface area (Å²) in [4.78, 5) is 25.8. The third kappa shape index (κ3) is 3.73. The minimum Gasteiger partial charge on any atom is -0.497 e. The van der Waals surface area contributed by atoms with Crippen molar-refractivity contribution in [3.63, 3.8) is 0 Å². The maximum absolute atomic E-state index is 13.0.